The maximum absolute atomic E-state index is 4.23. The van der Waals surface area contributed by atoms with Gasteiger partial charge in [0, 0.05) is 25.3 Å². The number of nitrogens with one attached hydrogen (secondary N) is 1. The van der Waals surface area contributed by atoms with Gasteiger partial charge in [-0.3, -0.25) is 0 Å². The summed E-state index contributed by atoms with van der Waals surface area (Å²) in [6, 6.07) is 0.769. The van der Waals surface area contributed by atoms with Crippen LogP contribution in [0.2, 0.25) is 0 Å². The molecule has 0 bridgehead atoms. The van der Waals surface area contributed by atoms with Crippen LogP contribution in [0.25, 0.3) is 0 Å². The maximum atomic E-state index is 4.23. The average molecular weight is 222 g/mol. The summed E-state index contributed by atoms with van der Waals surface area (Å²) in [6.45, 7) is 3.17. The maximum Gasteiger partial charge on any atom is 0.0948 e. The molecule has 1 saturated carbocycles. The van der Waals surface area contributed by atoms with Gasteiger partial charge >= 0.3 is 0 Å². The fourth-order valence-electron chi connectivity index (χ4n) is 1.79. The fourth-order valence-corrected chi connectivity index (χ4v) is 1.79. The van der Waals surface area contributed by atoms with E-state index < -0.39 is 0 Å². The van der Waals surface area contributed by atoms with Gasteiger partial charge in [-0.2, -0.15) is 0 Å². The lowest BCUT2D eigenvalue weighted by atomic mass is 10.3. The minimum Gasteiger partial charge on any atom is -0.333 e. The Morgan fingerprint density at radius 3 is 3.00 bits per heavy atom. The van der Waals surface area contributed by atoms with Crippen molar-refractivity contribution in [3.05, 3.63) is 18.2 Å². The first kappa shape index (κ1) is 11.6. The monoisotopic (exact) mass is 222 g/mol. The van der Waals surface area contributed by atoms with Gasteiger partial charge in [-0.15, -0.1) is 0 Å². The molecule has 0 aliphatic heterocycles. The van der Waals surface area contributed by atoms with Gasteiger partial charge in [-0.25, -0.2) is 4.98 Å². The predicted octanol–water partition coefficient (Wildman–Crippen LogP) is 1.09. The van der Waals surface area contributed by atoms with E-state index in [4.69, 9.17) is 0 Å². The lowest BCUT2D eigenvalue weighted by molar-refractivity contribution is 0.384. The molecular formula is C12H22N4. The van der Waals surface area contributed by atoms with Crippen LogP contribution in [0.15, 0.2) is 12.5 Å². The van der Waals surface area contributed by atoms with Crippen LogP contribution in [0.3, 0.4) is 0 Å². The van der Waals surface area contributed by atoms with Crippen molar-refractivity contribution in [2.45, 2.75) is 38.4 Å². The molecule has 0 atom stereocenters. The predicted molar refractivity (Wildman–Crippen MR) is 65.3 cm³/mol. The van der Waals surface area contributed by atoms with Crippen molar-refractivity contribution in [1.82, 2.24) is 19.8 Å². The first-order valence-corrected chi connectivity index (χ1v) is 6.13. The van der Waals surface area contributed by atoms with Gasteiger partial charge in [0.25, 0.3) is 0 Å². The highest BCUT2D eigenvalue weighted by Crippen LogP contribution is 2.19. The number of aryl methyl sites for hydroxylation is 1. The Bertz CT molecular complexity index is 315. The van der Waals surface area contributed by atoms with E-state index in [0.29, 0.717) is 0 Å². The second kappa shape index (κ2) is 5.46. The Kier molecular flexibility index (Phi) is 3.96. The van der Waals surface area contributed by atoms with Crippen LogP contribution in [0, 0.1) is 0 Å². The molecule has 0 radical (unpaired) electrons. The minimum atomic E-state index is 0.769. The smallest absolute Gasteiger partial charge is 0.0948 e. The van der Waals surface area contributed by atoms with Crippen LogP contribution in [0.1, 0.15) is 25.0 Å². The van der Waals surface area contributed by atoms with E-state index in [2.05, 4.69) is 33.9 Å². The van der Waals surface area contributed by atoms with E-state index in [1.54, 1.807) is 0 Å². The minimum absolute atomic E-state index is 0.769. The topological polar surface area (TPSA) is 33.1 Å². The van der Waals surface area contributed by atoms with Crippen molar-refractivity contribution in [2.75, 3.05) is 20.6 Å². The lowest BCUT2D eigenvalue weighted by Crippen LogP contribution is -2.19. The summed E-state index contributed by atoms with van der Waals surface area (Å²) in [7, 11) is 4.23. The second-order valence-corrected chi connectivity index (χ2v) is 4.89. The van der Waals surface area contributed by atoms with Gasteiger partial charge in [0.15, 0.2) is 0 Å². The van der Waals surface area contributed by atoms with Crippen molar-refractivity contribution >= 4 is 0 Å². The van der Waals surface area contributed by atoms with Crippen LogP contribution in [-0.4, -0.2) is 41.1 Å². The zero-order valence-corrected chi connectivity index (χ0v) is 10.3. The molecule has 1 aliphatic rings. The van der Waals surface area contributed by atoms with Crippen molar-refractivity contribution < 1.29 is 0 Å². The Balaban J connectivity index is 1.76. The molecule has 2 rings (SSSR count). The van der Waals surface area contributed by atoms with Gasteiger partial charge in [0.2, 0.25) is 0 Å². The molecule has 16 heavy (non-hydrogen) atoms. The van der Waals surface area contributed by atoms with Crippen LogP contribution < -0.4 is 5.32 Å². The molecule has 4 nitrogen and oxygen atoms in total. The molecule has 1 N–H and O–H groups in total. The summed E-state index contributed by atoms with van der Waals surface area (Å²) in [4.78, 5) is 6.45. The molecule has 1 aromatic rings. The normalized spacial score (nSPS) is 15.9. The first-order chi connectivity index (χ1) is 7.75. The summed E-state index contributed by atoms with van der Waals surface area (Å²) in [5.74, 6) is 0. The van der Waals surface area contributed by atoms with E-state index >= 15 is 0 Å². The molecule has 1 fully saturated rings. The molecule has 1 aliphatic carbocycles. The summed E-state index contributed by atoms with van der Waals surface area (Å²) < 4.78 is 2.26. The van der Waals surface area contributed by atoms with Crippen LogP contribution >= 0.6 is 0 Å². The Hall–Kier alpha value is -0.870. The van der Waals surface area contributed by atoms with Gasteiger partial charge in [-0.1, -0.05) is 0 Å². The number of rotatable bonds is 7. The molecule has 1 aromatic heterocycles. The average Bonchev–Trinajstić information content (AvgIpc) is 2.96. The third kappa shape index (κ3) is 3.61. The Morgan fingerprint density at radius 1 is 1.50 bits per heavy atom. The molecule has 1 heterocycles. The standard InChI is InChI=1S/C12H22N4/c1-15(2)6-3-7-16-10-13-8-12(16)9-14-11-4-5-11/h8,10-11,14H,3-7,9H2,1-2H3. The van der Waals surface area contributed by atoms with Crippen molar-refractivity contribution in [1.29, 1.82) is 0 Å². The van der Waals surface area contributed by atoms with E-state index in [1.807, 2.05) is 12.5 Å². The third-order valence-corrected chi connectivity index (χ3v) is 2.95. The number of aromatic nitrogens is 2. The van der Waals surface area contributed by atoms with Crippen molar-refractivity contribution in [3.63, 3.8) is 0 Å². The SMILES string of the molecule is CN(C)CCCn1cncc1CNC1CC1. The van der Waals surface area contributed by atoms with E-state index in [9.17, 15) is 0 Å². The number of hydrogen-bond donors (Lipinski definition) is 1. The molecule has 0 aromatic carbocycles. The zero-order chi connectivity index (χ0) is 11.4. The molecule has 0 amide bonds. The van der Waals surface area contributed by atoms with E-state index in [1.165, 1.54) is 25.0 Å². The fraction of sp³-hybridized carbons (Fsp3) is 0.750. The number of hydrogen-bond acceptors (Lipinski definition) is 3. The van der Waals surface area contributed by atoms with Crippen molar-refractivity contribution in [2.24, 2.45) is 0 Å². The quantitative estimate of drug-likeness (QED) is 0.749. The summed E-state index contributed by atoms with van der Waals surface area (Å²) in [5.41, 5.74) is 1.31. The molecule has 0 unspecified atom stereocenters. The van der Waals surface area contributed by atoms with Crippen LogP contribution in [0.5, 0.6) is 0 Å². The molecule has 0 saturated heterocycles. The highest BCUT2D eigenvalue weighted by Gasteiger charge is 2.20. The van der Waals surface area contributed by atoms with E-state index in [0.717, 1.165) is 25.7 Å². The van der Waals surface area contributed by atoms with Crippen LogP contribution in [0.4, 0.5) is 0 Å². The largest absolute Gasteiger partial charge is 0.333 e. The zero-order valence-electron chi connectivity index (χ0n) is 10.3. The number of nitrogens with zero attached hydrogens (tertiary/aromatic N) is 3. The summed E-state index contributed by atoms with van der Waals surface area (Å²) in [6.07, 6.45) is 7.79. The highest BCUT2D eigenvalue weighted by atomic mass is 15.1. The first-order valence-electron chi connectivity index (χ1n) is 6.13. The Morgan fingerprint density at radius 2 is 2.31 bits per heavy atom. The molecular weight excluding hydrogens is 200 g/mol. The van der Waals surface area contributed by atoms with Gasteiger partial charge in [0.05, 0.1) is 12.0 Å². The van der Waals surface area contributed by atoms with Gasteiger partial charge in [-0.05, 0) is 39.9 Å². The molecule has 4 heteroatoms. The number of imidazole rings is 1. The summed E-state index contributed by atoms with van der Waals surface area (Å²) >= 11 is 0. The molecule has 90 valence electrons. The highest BCUT2D eigenvalue weighted by molar-refractivity contribution is 4.99. The van der Waals surface area contributed by atoms with Gasteiger partial charge < -0.3 is 14.8 Å². The van der Waals surface area contributed by atoms with E-state index in [-0.39, 0.29) is 0 Å². The van der Waals surface area contributed by atoms with Gasteiger partial charge in [0.1, 0.15) is 0 Å². The summed E-state index contributed by atoms with van der Waals surface area (Å²) in [5, 5.41) is 3.53. The third-order valence-electron chi connectivity index (χ3n) is 2.95. The molecule has 0 spiro atoms. The van der Waals surface area contributed by atoms with Crippen molar-refractivity contribution in [3.8, 4) is 0 Å². The Labute approximate surface area is 97.7 Å². The van der Waals surface area contributed by atoms with Crippen LogP contribution in [-0.2, 0) is 13.1 Å². The second-order valence-electron chi connectivity index (χ2n) is 4.89. The lowest BCUT2D eigenvalue weighted by Gasteiger charge is -2.11.